The maximum atomic E-state index is 13.4. The van der Waals surface area contributed by atoms with Crippen molar-refractivity contribution in [2.45, 2.75) is 12.6 Å². The van der Waals surface area contributed by atoms with Crippen molar-refractivity contribution in [2.75, 3.05) is 19.7 Å². The second kappa shape index (κ2) is 6.33. The highest BCUT2D eigenvalue weighted by atomic mass is 19.1. The van der Waals surface area contributed by atoms with E-state index >= 15 is 0 Å². The molecule has 1 aliphatic heterocycles. The normalized spacial score (nSPS) is 18.6. The largest absolute Gasteiger partial charge is 0.479 e. The van der Waals surface area contributed by atoms with E-state index in [2.05, 4.69) is 5.32 Å². The van der Waals surface area contributed by atoms with E-state index < -0.39 is 23.9 Å². The zero-order valence-corrected chi connectivity index (χ0v) is 10.7. The minimum Gasteiger partial charge on any atom is -0.479 e. The molecule has 0 aliphatic carbocycles. The third-order valence-corrected chi connectivity index (χ3v) is 3.02. The Morgan fingerprint density at radius 1 is 1.45 bits per heavy atom. The number of urea groups is 1. The van der Waals surface area contributed by atoms with E-state index in [1.807, 2.05) is 0 Å². The van der Waals surface area contributed by atoms with Gasteiger partial charge in [-0.15, -0.1) is 0 Å². The highest BCUT2D eigenvalue weighted by Gasteiger charge is 2.28. The topological polar surface area (TPSA) is 78.9 Å². The molecular weight excluding hydrogens is 267 g/mol. The summed E-state index contributed by atoms with van der Waals surface area (Å²) < 4.78 is 18.4. The SMILES string of the molecule is O=C(O)C1CN(C(=O)NCc2ccccc2F)CCO1. The van der Waals surface area contributed by atoms with Crippen LogP contribution in [-0.2, 0) is 16.1 Å². The predicted molar refractivity (Wildman–Crippen MR) is 67.6 cm³/mol. The van der Waals surface area contributed by atoms with Gasteiger partial charge >= 0.3 is 12.0 Å². The molecule has 1 saturated heterocycles. The van der Waals surface area contributed by atoms with Crippen LogP contribution in [0.25, 0.3) is 0 Å². The third kappa shape index (κ3) is 3.45. The Bertz CT molecular complexity index is 509. The van der Waals surface area contributed by atoms with Crippen molar-refractivity contribution in [1.29, 1.82) is 0 Å². The fraction of sp³-hybridized carbons (Fsp3) is 0.385. The zero-order valence-electron chi connectivity index (χ0n) is 10.7. The number of benzene rings is 1. The summed E-state index contributed by atoms with van der Waals surface area (Å²) >= 11 is 0. The number of halogens is 1. The Morgan fingerprint density at radius 2 is 2.20 bits per heavy atom. The first kappa shape index (κ1) is 14.3. The highest BCUT2D eigenvalue weighted by Crippen LogP contribution is 2.08. The van der Waals surface area contributed by atoms with E-state index in [1.165, 1.54) is 11.0 Å². The van der Waals surface area contributed by atoms with Crippen molar-refractivity contribution in [3.05, 3.63) is 35.6 Å². The van der Waals surface area contributed by atoms with Crippen LogP contribution in [0.2, 0.25) is 0 Å². The van der Waals surface area contributed by atoms with Crippen LogP contribution in [0.1, 0.15) is 5.56 Å². The molecule has 1 aromatic rings. The predicted octanol–water partition coefficient (Wildman–Crippen LogP) is 0.821. The first-order chi connectivity index (χ1) is 9.58. The number of rotatable bonds is 3. The number of morpholine rings is 1. The fourth-order valence-corrected chi connectivity index (χ4v) is 1.91. The maximum absolute atomic E-state index is 13.4. The number of amides is 2. The number of nitrogens with one attached hydrogen (secondary N) is 1. The molecule has 0 radical (unpaired) electrons. The zero-order chi connectivity index (χ0) is 14.5. The fourth-order valence-electron chi connectivity index (χ4n) is 1.91. The van der Waals surface area contributed by atoms with Crippen molar-refractivity contribution in [2.24, 2.45) is 0 Å². The van der Waals surface area contributed by atoms with Crippen LogP contribution in [0.4, 0.5) is 9.18 Å². The number of hydrogen-bond donors (Lipinski definition) is 2. The smallest absolute Gasteiger partial charge is 0.334 e. The van der Waals surface area contributed by atoms with E-state index in [-0.39, 0.29) is 19.7 Å². The number of aliphatic carboxylic acids is 1. The van der Waals surface area contributed by atoms with E-state index in [4.69, 9.17) is 9.84 Å². The Balaban J connectivity index is 1.89. The van der Waals surface area contributed by atoms with Gasteiger partial charge in [0.2, 0.25) is 0 Å². The van der Waals surface area contributed by atoms with Gasteiger partial charge in [0.1, 0.15) is 5.82 Å². The lowest BCUT2D eigenvalue weighted by Crippen LogP contribution is -2.51. The summed E-state index contributed by atoms with van der Waals surface area (Å²) in [6.07, 6.45) is -1.01. The lowest BCUT2D eigenvalue weighted by atomic mass is 10.2. The summed E-state index contributed by atoms with van der Waals surface area (Å²) in [6, 6.07) is 5.72. The molecule has 1 heterocycles. The molecule has 0 bridgehead atoms. The van der Waals surface area contributed by atoms with Crippen LogP contribution in [0.3, 0.4) is 0 Å². The molecule has 0 spiro atoms. The summed E-state index contributed by atoms with van der Waals surface area (Å²) in [5.41, 5.74) is 0.379. The first-order valence-corrected chi connectivity index (χ1v) is 6.18. The number of nitrogens with zero attached hydrogens (tertiary/aromatic N) is 1. The molecule has 2 N–H and O–H groups in total. The minimum atomic E-state index is -1.10. The van der Waals surface area contributed by atoms with Crippen molar-refractivity contribution in [1.82, 2.24) is 10.2 Å². The molecule has 7 heteroatoms. The van der Waals surface area contributed by atoms with Gasteiger partial charge in [0.15, 0.2) is 6.10 Å². The van der Waals surface area contributed by atoms with Gasteiger partial charge < -0.3 is 20.1 Å². The Hall–Kier alpha value is -2.15. The Labute approximate surface area is 115 Å². The third-order valence-electron chi connectivity index (χ3n) is 3.02. The van der Waals surface area contributed by atoms with Crippen LogP contribution in [0, 0.1) is 5.82 Å². The summed E-state index contributed by atoms with van der Waals surface area (Å²) in [4.78, 5) is 24.1. The molecule has 0 saturated carbocycles. The quantitative estimate of drug-likeness (QED) is 0.860. The first-order valence-electron chi connectivity index (χ1n) is 6.18. The van der Waals surface area contributed by atoms with Crippen LogP contribution in [0.15, 0.2) is 24.3 Å². The number of carbonyl (C=O) groups is 2. The van der Waals surface area contributed by atoms with Crippen molar-refractivity contribution < 1.29 is 23.8 Å². The summed E-state index contributed by atoms with van der Waals surface area (Å²) in [5, 5.41) is 11.4. The summed E-state index contributed by atoms with van der Waals surface area (Å²) in [6.45, 7) is 0.524. The Kier molecular flexibility index (Phi) is 4.52. The lowest BCUT2D eigenvalue weighted by molar-refractivity contribution is -0.154. The van der Waals surface area contributed by atoms with Crippen molar-refractivity contribution in [3.63, 3.8) is 0 Å². The molecule has 1 atom stereocenters. The molecule has 1 unspecified atom stereocenters. The van der Waals surface area contributed by atoms with Crippen LogP contribution in [-0.4, -0.2) is 47.8 Å². The highest BCUT2D eigenvalue weighted by molar-refractivity contribution is 5.77. The van der Waals surface area contributed by atoms with E-state index in [0.717, 1.165) is 0 Å². The van der Waals surface area contributed by atoms with E-state index in [1.54, 1.807) is 18.2 Å². The van der Waals surface area contributed by atoms with Crippen LogP contribution in [0.5, 0.6) is 0 Å². The molecule has 1 aromatic carbocycles. The maximum Gasteiger partial charge on any atom is 0.334 e. The minimum absolute atomic E-state index is 0.0154. The lowest BCUT2D eigenvalue weighted by Gasteiger charge is -2.30. The number of hydrogen-bond acceptors (Lipinski definition) is 3. The van der Waals surface area contributed by atoms with Gasteiger partial charge in [-0.05, 0) is 6.07 Å². The summed E-state index contributed by atoms with van der Waals surface area (Å²) in [7, 11) is 0. The molecule has 1 aliphatic rings. The number of carboxylic acids is 1. The molecule has 108 valence electrons. The number of carbonyl (C=O) groups excluding carboxylic acids is 1. The van der Waals surface area contributed by atoms with Crippen molar-refractivity contribution >= 4 is 12.0 Å². The molecule has 2 amide bonds. The van der Waals surface area contributed by atoms with Gasteiger partial charge in [0.05, 0.1) is 13.2 Å². The van der Waals surface area contributed by atoms with Gasteiger partial charge in [-0.3, -0.25) is 0 Å². The van der Waals surface area contributed by atoms with Crippen LogP contribution < -0.4 is 5.32 Å². The van der Waals surface area contributed by atoms with E-state index in [0.29, 0.717) is 12.1 Å². The summed E-state index contributed by atoms with van der Waals surface area (Å²) in [5.74, 6) is -1.49. The second-order valence-corrected chi connectivity index (χ2v) is 4.39. The molecule has 6 nitrogen and oxygen atoms in total. The average molecular weight is 282 g/mol. The molecule has 20 heavy (non-hydrogen) atoms. The standard InChI is InChI=1S/C13H15FN2O4/c14-10-4-2-1-3-9(10)7-15-13(19)16-5-6-20-11(8-16)12(17)18/h1-4,11H,5-8H2,(H,15,19)(H,17,18). The van der Waals surface area contributed by atoms with Gasteiger partial charge in [0, 0.05) is 18.7 Å². The van der Waals surface area contributed by atoms with Gasteiger partial charge in [0.25, 0.3) is 0 Å². The second-order valence-electron chi connectivity index (χ2n) is 4.39. The Morgan fingerprint density at radius 3 is 2.90 bits per heavy atom. The average Bonchev–Trinajstić information content (AvgIpc) is 2.46. The monoisotopic (exact) mass is 282 g/mol. The molecule has 2 rings (SSSR count). The molecular formula is C13H15FN2O4. The molecule has 0 aromatic heterocycles. The van der Waals surface area contributed by atoms with Crippen molar-refractivity contribution in [3.8, 4) is 0 Å². The number of ether oxygens (including phenoxy) is 1. The van der Waals surface area contributed by atoms with Gasteiger partial charge in [-0.25, -0.2) is 14.0 Å². The van der Waals surface area contributed by atoms with Gasteiger partial charge in [-0.1, -0.05) is 18.2 Å². The van der Waals surface area contributed by atoms with Crippen LogP contribution >= 0.6 is 0 Å². The van der Waals surface area contributed by atoms with E-state index in [9.17, 15) is 14.0 Å². The van der Waals surface area contributed by atoms with Gasteiger partial charge in [-0.2, -0.15) is 0 Å². The number of carboxylic acid groups (broad SMARTS) is 1. The molecule has 1 fully saturated rings.